The highest BCUT2D eigenvalue weighted by Gasteiger charge is 2.21. The molecule has 0 spiro atoms. The van der Waals surface area contributed by atoms with E-state index in [9.17, 15) is 9.59 Å². The molecule has 28 heavy (non-hydrogen) atoms. The van der Waals surface area contributed by atoms with Gasteiger partial charge in [0.15, 0.2) is 0 Å². The first-order valence-corrected chi connectivity index (χ1v) is 9.96. The highest BCUT2D eigenvalue weighted by atomic mass is 32.1. The summed E-state index contributed by atoms with van der Waals surface area (Å²) in [5.41, 5.74) is 1.14. The summed E-state index contributed by atoms with van der Waals surface area (Å²) in [7, 11) is 0. The molecule has 148 valence electrons. The van der Waals surface area contributed by atoms with E-state index in [1.807, 2.05) is 38.1 Å². The molecule has 7 nitrogen and oxygen atoms in total. The number of hydrogen-bond donors (Lipinski definition) is 2. The lowest BCUT2D eigenvalue weighted by atomic mass is 10.2. The molecule has 0 aliphatic carbocycles. The molecule has 2 aromatic heterocycles. The zero-order valence-electron chi connectivity index (χ0n) is 16.3. The number of esters is 1. The maximum atomic E-state index is 12.6. The number of rotatable bonds is 7. The van der Waals surface area contributed by atoms with Crippen LogP contribution in [-0.2, 0) is 4.74 Å². The Balaban J connectivity index is 1.96. The zero-order valence-corrected chi connectivity index (χ0v) is 17.1. The van der Waals surface area contributed by atoms with Gasteiger partial charge in [0.1, 0.15) is 21.3 Å². The van der Waals surface area contributed by atoms with Crippen molar-refractivity contribution in [3.63, 3.8) is 0 Å². The normalized spacial score (nSPS) is 12.0. The Labute approximate surface area is 166 Å². The Morgan fingerprint density at radius 1 is 1.29 bits per heavy atom. The molecule has 8 heteroatoms. The smallest absolute Gasteiger partial charge is 0.348 e. The largest absolute Gasteiger partial charge is 0.492 e. The number of anilines is 1. The van der Waals surface area contributed by atoms with Crippen molar-refractivity contribution in [3.05, 3.63) is 50.9 Å². The SMILES string of the molecule is CCOC(=O)c1sc2nc([C@@H](C)Nc3ccccc3OCC)[nH]c(=O)c2c1C. The van der Waals surface area contributed by atoms with Crippen LogP contribution in [0.25, 0.3) is 10.2 Å². The fourth-order valence-corrected chi connectivity index (χ4v) is 4.01. The van der Waals surface area contributed by atoms with Crippen LogP contribution in [0.3, 0.4) is 0 Å². The molecule has 0 saturated carbocycles. The van der Waals surface area contributed by atoms with Gasteiger partial charge >= 0.3 is 5.97 Å². The van der Waals surface area contributed by atoms with E-state index < -0.39 is 5.97 Å². The van der Waals surface area contributed by atoms with Crippen LogP contribution in [0.2, 0.25) is 0 Å². The maximum absolute atomic E-state index is 12.6. The van der Waals surface area contributed by atoms with Crippen LogP contribution < -0.4 is 15.6 Å². The molecule has 1 atom stereocenters. The number of aromatic nitrogens is 2. The lowest BCUT2D eigenvalue weighted by Gasteiger charge is -2.17. The van der Waals surface area contributed by atoms with E-state index in [4.69, 9.17) is 9.47 Å². The summed E-state index contributed by atoms with van der Waals surface area (Å²) in [5.74, 6) is 0.790. The molecule has 0 aliphatic heterocycles. The van der Waals surface area contributed by atoms with Crippen LogP contribution in [0, 0.1) is 6.92 Å². The second kappa shape index (κ2) is 8.43. The number of benzene rings is 1. The van der Waals surface area contributed by atoms with Crippen molar-refractivity contribution in [2.24, 2.45) is 0 Å². The molecule has 3 rings (SSSR count). The zero-order chi connectivity index (χ0) is 20.3. The number of nitrogens with one attached hydrogen (secondary N) is 2. The minimum atomic E-state index is -0.430. The highest BCUT2D eigenvalue weighted by Crippen LogP contribution is 2.30. The molecule has 0 saturated heterocycles. The van der Waals surface area contributed by atoms with Gasteiger partial charge in [-0.05, 0) is 45.4 Å². The number of nitrogens with zero attached hydrogens (tertiary/aromatic N) is 1. The lowest BCUT2D eigenvalue weighted by molar-refractivity contribution is 0.0531. The molecule has 0 fully saturated rings. The van der Waals surface area contributed by atoms with E-state index in [2.05, 4.69) is 15.3 Å². The van der Waals surface area contributed by atoms with E-state index in [1.54, 1.807) is 13.8 Å². The van der Waals surface area contributed by atoms with Gasteiger partial charge in [0.05, 0.1) is 30.3 Å². The average Bonchev–Trinajstić information content (AvgIpc) is 3.01. The summed E-state index contributed by atoms with van der Waals surface area (Å²) in [6.45, 7) is 8.15. The fraction of sp³-hybridized carbons (Fsp3) is 0.350. The Bertz CT molecular complexity index is 1060. The maximum Gasteiger partial charge on any atom is 0.348 e. The number of fused-ring (bicyclic) bond motifs is 1. The number of hydrogen-bond acceptors (Lipinski definition) is 7. The summed E-state index contributed by atoms with van der Waals surface area (Å²) in [6, 6.07) is 7.33. The summed E-state index contributed by atoms with van der Waals surface area (Å²) >= 11 is 1.18. The number of carbonyl (C=O) groups excluding carboxylic acids is 1. The molecule has 0 unspecified atom stereocenters. The van der Waals surface area contributed by atoms with E-state index in [0.717, 1.165) is 11.4 Å². The molecule has 2 N–H and O–H groups in total. The summed E-state index contributed by atoms with van der Waals surface area (Å²) in [5, 5.41) is 3.75. The monoisotopic (exact) mass is 401 g/mol. The van der Waals surface area contributed by atoms with Crippen LogP contribution in [0.1, 0.15) is 47.9 Å². The number of para-hydroxylation sites is 2. The van der Waals surface area contributed by atoms with Crippen molar-refractivity contribution in [2.75, 3.05) is 18.5 Å². The lowest BCUT2D eigenvalue weighted by Crippen LogP contribution is -2.18. The molecule has 0 radical (unpaired) electrons. The Morgan fingerprint density at radius 3 is 2.75 bits per heavy atom. The summed E-state index contributed by atoms with van der Waals surface area (Å²) < 4.78 is 10.7. The van der Waals surface area contributed by atoms with Gasteiger partial charge in [-0.3, -0.25) is 4.79 Å². The van der Waals surface area contributed by atoms with Crippen molar-refractivity contribution in [1.82, 2.24) is 9.97 Å². The van der Waals surface area contributed by atoms with Crippen molar-refractivity contribution in [1.29, 1.82) is 0 Å². The predicted octanol–water partition coefficient (Wildman–Crippen LogP) is 4.04. The number of aryl methyl sites for hydroxylation is 1. The average molecular weight is 401 g/mol. The van der Waals surface area contributed by atoms with Crippen LogP contribution in [0.4, 0.5) is 5.69 Å². The number of H-pyrrole nitrogens is 1. The van der Waals surface area contributed by atoms with Crippen LogP contribution in [0.15, 0.2) is 29.1 Å². The Hall–Kier alpha value is -2.87. The van der Waals surface area contributed by atoms with Crippen LogP contribution in [0.5, 0.6) is 5.75 Å². The standard InChI is InChI=1S/C20H23N3O4S/c1-5-26-14-10-8-7-9-13(14)21-12(4)17-22-18(24)15-11(3)16(20(25)27-6-2)28-19(15)23-17/h7-10,12,21H,5-6H2,1-4H3,(H,22,23,24)/t12-/m1/s1. The number of aromatic amines is 1. The van der Waals surface area contributed by atoms with E-state index in [-0.39, 0.29) is 18.2 Å². The van der Waals surface area contributed by atoms with Gasteiger partial charge in [-0.15, -0.1) is 11.3 Å². The summed E-state index contributed by atoms with van der Waals surface area (Å²) in [4.78, 5) is 33.1. The van der Waals surface area contributed by atoms with Crippen LogP contribution in [-0.4, -0.2) is 29.2 Å². The second-order valence-electron chi connectivity index (χ2n) is 6.20. The quantitative estimate of drug-likeness (QED) is 0.581. The molecule has 0 bridgehead atoms. The minimum absolute atomic E-state index is 0.268. The molecular weight excluding hydrogens is 378 g/mol. The Kier molecular flexibility index (Phi) is 5.99. The van der Waals surface area contributed by atoms with Gasteiger partial charge in [-0.1, -0.05) is 12.1 Å². The van der Waals surface area contributed by atoms with E-state index in [0.29, 0.717) is 33.1 Å². The minimum Gasteiger partial charge on any atom is -0.492 e. The van der Waals surface area contributed by atoms with Gasteiger partial charge in [0, 0.05) is 0 Å². The van der Waals surface area contributed by atoms with Crippen molar-refractivity contribution < 1.29 is 14.3 Å². The first-order chi connectivity index (χ1) is 13.5. The third-order valence-corrected chi connectivity index (χ3v) is 5.41. The summed E-state index contributed by atoms with van der Waals surface area (Å²) in [6.07, 6.45) is 0. The molecular formula is C20H23N3O4S. The Morgan fingerprint density at radius 2 is 2.04 bits per heavy atom. The van der Waals surface area contributed by atoms with Gasteiger partial charge < -0.3 is 19.8 Å². The van der Waals surface area contributed by atoms with Crippen molar-refractivity contribution >= 4 is 33.2 Å². The van der Waals surface area contributed by atoms with Gasteiger partial charge in [0.2, 0.25) is 0 Å². The first kappa shape index (κ1) is 19.9. The van der Waals surface area contributed by atoms with Gasteiger partial charge in [-0.2, -0.15) is 0 Å². The number of ether oxygens (including phenoxy) is 2. The fourth-order valence-electron chi connectivity index (χ4n) is 2.93. The number of thiophene rings is 1. The van der Waals surface area contributed by atoms with E-state index in [1.165, 1.54) is 11.3 Å². The first-order valence-electron chi connectivity index (χ1n) is 9.15. The molecule has 0 amide bonds. The van der Waals surface area contributed by atoms with E-state index >= 15 is 0 Å². The van der Waals surface area contributed by atoms with Crippen LogP contribution >= 0.6 is 11.3 Å². The van der Waals surface area contributed by atoms with Crippen molar-refractivity contribution in [2.45, 2.75) is 33.7 Å². The molecule has 0 aliphatic rings. The van der Waals surface area contributed by atoms with Gasteiger partial charge in [-0.25, -0.2) is 9.78 Å². The third kappa shape index (κ3) is 3.87. The number of carbonyl (C=O) groups is 1. The molecule has 3 aromatic rings. The van der Waals surface area contributed by atoms with Crippen molar-refractivity contribution in [3.8, 4) is 5.75 Å². The highest BCUT2D eigenvalue weighted by molar-refractivity contribution is 7.20. The topological polar surface area (TPSA) is 93.3 Å². The van der Waals surface area contributed by atoms with Gasteiger partial charge in [0.25, 0.3) is 5.56 Å². The predicted molar refractivity (Wildman–Crippen MR) is 111 cm³/mol. The second-order valence-corrected chi connectivity index (χ2v) is 7.20. The molecule has 2 heterocycles. The molecule has 1 aromatic carbocycles. The third-order valence-electron chi connectivity index (χ3n) is 4.25.